The van der Waals surface area contributed by atoms with E-state index >= 15 is 0 Å². The van der Waals surface area contributed by atoms with Crippen LogP contribution in [-0.2, 0) is 4.79 Å². The lowest BCUT2D eigenvalue weighted by Gasteiger charge is -2.36. The minimum absolute atomic E-state index is 0.0670. The van der Waals surface area contributed by atoms with Crippen molar-refractivity contribution in [2.24, 2.45) is 0 Å². The molecule has 0 saturated carbocycles. The van der Waals surface area contributed by atoms with Gasteiger partial charge in [0.15, 0.2) is 0 Å². The molecule has 7 nitrogen and oxygen atoms in total. The molecule has 0 radical (unpaired) electrons. The first-order valence-electron chi connectivity index (χ1n) is 9.29. The van der Waals surface area contributed by atoms with E-state index in [1.54, 1.807) is 17.0 Å². The maximum absolute atomic E-state index is 12.8. The van der Waals surface area contributed by atoms with Crippen molar-refractivity contribution < 1.29 is 9.59 Å². The van der Waals surface area contributed by atoms with Gasteiger partial charge < -0.3 is 9.80 Å². The van der Waals surface area contributed by atoms with Gasteiger partial charge in [-0.05, 0) is 44.9 Å². The third-order valence-corrected chi connectivity index (χ3v) is 5.16. The number of hydrogen-bond donors (Lipinski definition) is 0. The van der Waals surface area contributed by atoms with Crippen LogP contribution in [-0.4, -0.2) is 52.5 Å². The summed E-state index contributed by atoms with van der Waals surface area (Å²) in [6.45, 7) is 5.64. The monoisotopic (exact) mass is 365 g/mol. The average Bonchev–Trinajstić information content (AvgIpc) is 2.96. The molecule has 0 spiro atoms. The summed E-state index contributed by atoms with van der Waals surface area (Å²) in [5.74, 6) is 0.590. The molecule has 4 rings (SSSR count). The fourth-order valence-corrected chi connectivity index (χ4v) is 3.86. The third-order valence-electron chi connectivity index (χ3n) is 5.16. The fraction of sp³-hybridized carbons (Fsp3) is 0.400. The number of aryl methyl sites for hydroxylation is 2. The minimum Gasteiger partial charge on any atom is -0.341 e. The van der Waals surface area contributed by atoms with Gasteiger partial charge in [-0.2, -0.15) is 0 Å². The Morgan fingerprint density at radius 3 is 2.22 bits per heavy atom. The predicted molar refractivity (Wildman–Crippen MR) is 103 cm³/mol. The predicted octanol–water partition coefficient (Wildman–Crippen LogP) is 2.53. The van der Waals surface area contributed by atoms with Crippen LogP contribution < -0.4 is 9.80 Å². The number of amides is 3. The van der Waals surface area contributed by atoms with Crippen molar-refractivity contribution in [1.29, 1.82) is 0 Å². The minimum atomic E-state index is -0.215. The molecule has 140 valence electrons. The van der Waals surface area contributed by atoms with Crippen LogP contribution in [0.25, 0.3) is 0 Å². The summed E-state index contributed by atoms with van der Waals surface area (Å²) in [7, 11) is 0. The highest BCUT2D eigenvalue weighted by Gasteiger charge is 2.41. The number of imide groups is 1. The van der Waals surface area contributed by atoms with Gasteiger partial charge >= 0.3 is 6.03 Å². The van der Waals surface area contributed by atoms with Gasteiger partial charge in [0, 0.05) is 30.5 Å². The lowest BCUT2D eigenvalue weighted by molar-refractivity contribution is -0.116. The van der Waals surface area contributed by atoms with Gasteiger partial charge in [0.1, 0.15) is 6.54 Å². The van der Waals surface area contributed by atoms with Gasteiger partial charge in [0.05, 0.1) is 5.69 Å². The van der Waals surface area contributed by atoms with E-state index in [2.05, 4.69) is 14.9 Å². The van der Waals surface area contributed by atoms with Gasteiger partial charge in [-0.15, -0.1) is 0 Å². The lowest BCUT2D eigenvalue weighted by atomic mass is 10.0. The Hall–Kier alpha value is -2.96. The largest absolute Gasteiger partial charge is 0.341 e. The van der Waals surface area contributed by atoms with Crippen LogP contribution in [0.1, 0.15) is 24.2 Å². The number of carbonyl (C=O) groups is 2. The average molecular weight is 365 g/mol. The molecule has 0 aliphatic carbocycles. The van der Waals surface area contributed by atoms with Crippen molar-refractivity contribution in [3.05, 3.63) is 47.8 Å². The quantitative estimate of drug-likeness (QED) is 0.782. The van der Waals surface area contributed by atoms with E-state index in [9.17, 15) is 9.59 Å². The Bertz CT molecular complexity index is 842. The van der Waals surface area contributed by atoms with E-state index in [-0.39, 0.29) is 24.5 Å². The molecule has 2 aliphatic rings. The first kappa shape index (κ1) is 17.5. The highest BCUT2D eigenvalue weighted by atomic mass is 16.2. The van der Waals surface area contributed by atoms with E-state index in [1.807, 2.05) is 38.1 Å². The summed E-state index contributed by atoms with van der Waals surface area (Å²) in [5, 5.41) is 0. The number of hydrogen-bond acceptors (Lipinski definition) is 5. The molecule has 0 atom stereocenters. The molecule has 27 heavy (non-hydrogen) atoms. The SMILES string of the molecule is Cc1cc(C)nc(N2CCC(N3CC(=O)N(c4ccccc4)C3=O)CC2)n1. The van der Waals surface area contributed by atoms with Crippen LogP contribution in [0.3, 0.4) is 0 Å². The highest BCUT2D eigenvalue weighted by Crippen LogP contribution is 2.27. The molecule has 2 aromatic rings. The number of carbonyl (C=O) groups excluding carboxylic acids is 2. The van der Waals surface area contributed by atoms with Crippen LogP contribution in [0.15, 0.2) is 36.4 Å². The molecule has 3 heterocycles. The summed E-state index contributed by atoms with van der Waals surface area (Å²) in [5.41, 5.74) is 2.55. The first-order valence-corrected chi connectivity index (χ1v) is 9.29. The molecule has 2 saturated heterocycles. The second-order valence-electron chi connectivity index (χ2n) is 7.14. The summed E-state index contributed by atoms with van der Waals surface area (Å²) in [6, 6.07) is 10.9. The summed E-state index contributed by atoms with van der Waals surface area (Å²) < 4.78 is 0. The number of nitrogens with zero attached hydrogens (tertiary/aromatic N) is 5. The van der Waals surface area contributed by atoms with Gasteiger partial charge in [-0.3, -0.25) is 4.79 Å². The molecule has 0 N–H and O–H groups in total. The zero-order chi connectivity index (χ0) is 19.0. The molecule has 0 unspecified atom stereocenters. The number of anilines is 2. The summed E-state index contributed by atoms with van der Waals surface area (Å²) in [4.78, 5) is 39.5. The number of benzene rings is 1. The zero-order valence-electron chi connectivity index (χ0n) is 15.6. The van der Waals surface area contributed by atoms with E-state index in [0.717, 1.165) is 43.3 Å². The van der Waals surface area contributed by atoms with Gasteiger partial charge in [-0.1, -0.05) is 18.2 Å². The van der Waals surface area contributed by atoms with Crippen LogP contribution in [0.4, 0.5) is 16.4 Å². The van der Waals surface area contributed by atoms with Crippen molar-refractivity contribution in [2.75, 3.05) is 29.4 Å². The lowest BCUT2D eigenvalue weighted by Crippen LogP contribution is -2.47. The normalized spacial score (nSPS) is 18.5. The molecule has 0 bridgehead atoms. The summed E-state index contributed by atoms with van der Waals surface area (Å²) in [6.07, 6.45) is 1.61. The summed E-state index contributed by atoms with van der Waals surface area (Å²) >= 11 is 0. The van der Waals surface area contributed by atoms with Gasteiger partial charge in [-0.25, -0.2) is 19.7 Å². The van der Waals surface area contributed by atoms with Crippen molar-refractivity contribution >= 4 is 23.6 Å². The van der Waals surface area contributed by atoms with E-state index in [1.165, 1.54) is 4.90 Å². The van der Waals surface area contributed by atoms with Crippen molar-refractivity contribution in [1.82, 2.24) is 14.9 Å². The standard InChI is InChI=1S/C20H23N5O2/c1-14-12-15(2)22-19(21-14)23-10-8-16(9-11-23)24-13-18(26)25(20(24)27)17-6-4-3-5-7-17/h3-7,12,16H,8-11,13H2,1-2H3. The number of urea groups is 1. The highest BCUT2D eigenvalue weighted by molar-refractivity contribution is 6.19. The zero-order valence-corrected chi connectivity index (χ0v) is 15.6. The molecule has 3 amide bonds. The maximum atomic E-state index is 12.8. The number of piperidine rings is 1. The first-order chi connectivity index (χ1) is 13.0. The molecular formula is C20H23N5O2. The number of rotatable bonds is 3. The number of para-hydroxylation sites is 1. The molecule has 7 heteroatoms. The van der Waals surface area contributed by atoms with Crippen molar-refractivity contribution in [2.45, 2.75) is 32.7 Å². The third kappa shape index (κ3) is 3.37. The molecule has 2 fully saturated rings. The van der Waals surface area contributed by atoms with Crippen LogP contribution in [0, 0.1) is 13.8 Å². The van der Waals surface area contributed by atoms with Crippen molar-refractivity contribution in [3.63, 3.8) is 0 Å². The van der Waals surface area contributed by atoms with Crippen LogP contribution >= 0.6 is 0 Å². The second kappa shape index (κ2) is 6.98. The smallest absolute Gasteiger partial charge is 0.332 e. The van der Waals surface area contributed by atoms with Crippen LogP contribution in [0.2, 0.25) is 0 Å². The van der Waals surface area contributed by atoms with E-state index in [0.29, 0.717) is 5.69 Å². The number of aromatic nitrogens is 2. The Labute approximate surface area is 158 Å². The topological polar surface area (TPSA) is 69.6 Å². The van der Waals surface area contributed by atoms with Gasteiger partial charge in [0.2, 0.25) is 5.95 Å². The Balaban J connectivity index is 1.44. The van der Waals surface area contributed by atoms with Crippen LogP contribution in [0.5, 0.6) is 0 Å². The maximum Gasteiger partial charge on any atom is 0.332 e. The Kier molecular flexibility index (Phi) is 4.51. The Morgan fingerprint density at radius 1 is 0.963 bits per heavy atom. The molecule has 1 aromatic heterocycles. The molecule has 1 aromatic carbocycles. The van der Waals surface area contributed by atoms with Crippen molar-refractivity contribution in [3.8, 4) is 0 Å². The van der Waals surface area contributed by atoms with Gasteiger partial charge in [0.25, 0.3) is 5.91 Å². The molecular weight excluding hydrogens is 342 g/mol. The Morgan fingerprint density at radius 2 is 1.59 bits per heavy atom. The van der Waals surface area contributed by atoms with E-state index < -0.39 is 0 Å². The second-order valence-corrected chi connectivity index (χ2v) is 7.14. The van der Waals surface area contributed by atoms with E-state index in [4.69, 9.17) is 0 Å². The fourth-order valence-electron chi connectivity index (χ4n) is 3.86. The molecule has 2 aliphatic heterocycles.